The fraction of sp³-hybridized carbons (Fsp3) is 0.214. The van der Waals surface area contributed by atoms with Gasteiger partial charge in [-0.1, -0.05) is 18.2 Å². The van der Waals surface area contributed by atoms with Gasteiger partial charge in [-0.05, 0) is 30.5 Å². The normalized spacial score (nSPS) is 13.0. The van der Waals surface area contributed by atoms with Gasteiger partial charge in [-0.25, -0.2) is 13.1 Å². The van der Waals surface area contributed by atoms with Gasteiger partial charge in [0.1, 0.15) is 6.10 Å². The summed E-state index contributed by atoms with van der Waals surface area (Å²) >= 11 is 1.35. The van der Waals surface area contributed by atoms with E-state index in [0.29, 0.717) is 10.4 Å². The Kier molecular flexibility index (Phi) is 4.89. The molecule has 0 aliphatic heterocycles. The standard InChI is InChI=1S/C14H15NO4S2/c1-10(16)11-4-2-5-12(8-11)21(18,19)15-9-13(17)14-6-3-7-20-14/h2-8,13,15,17H,9H2,1H3. The Balaban J connectivity index is 2.11. The average Bonchev–Trinajstić information content (AvgIpc) is 2.99. The minimum absolute atomic E-state index is 0.00794. The van der Waals surface area contributed by atoms with Crippen LogP contribution in [0.25, 0.3) is 0 Å². The first-order chi connectivity index (χ1) is 9.90. The number of hydrogen-bond acceptors (Lipinski definition) is 5. The molecule has 0 aliphatic carbocycles. The van der Waals surface area contributed by atoms with Crippen LogP contribution in [0.2, 0.25) is 0 Å². The van der Waals surface area contributed by atoms with Crippen LogP contribution >= 0.6 is 11.3 Å². The van der Waals surface area contributed by atoms with Crippen LogP contribution in [-0.2, 0) is 10.0 Å². The third-order valence-corrected chi connectivity index (χ3v) is 5.28. The van der Waals surface area contributed by atoms with Gasteiger partial charge in [0.05, 0.1) is 4.90 Å². The first-order valence-corrected chi connectivity index (χ1v) is 8.58. The zero-order chi connectivity index (χ0) is 15.5. The van der Waals surface area contributed by atoms with Crippen molar-refractivity contribution in [2.75, 3.05) is 6.54 Å². The molecule has 0 bridgehead atoms. The maximum atomic E-state index is 12.2. The summed E-state index contributed by atoms with van der Waals surface area (Å²) in [4.78, 5) is 12.0. The van der Waals surface area contributed by atoms with Crippen LogP contribution in [0.4, 0.5) is 0 Å². The lowest BCUT2D eigenvalue weighted by Gasteiger charge is -2.11. The predicted molar refractivity (Wildman–Crippen MR) is 80.9 cm³/mol. The van der Waals surface area contributed by atoms with Gasteiger partial charge in [-0.2, -0.15) is 0 Å². The van der Waals surface area contributed by atoms with E-state index in [0.717, 1.165) is 0 Å². The number of hydrogen-bond donors (Lipinski definition) is 2. The minimum Gasteiger partial charge on any atom is -0.386 e. The molecule has 0 spiro atoms. The van der Waals surface area contributed by atoms with E-state index in [1.165, 1.54) is 36.5 Å². The van der Waals surface area contributed by atoms with Crippen LogP contribution in [-0.4, -0.2) is 25.9 Å². The van der Waals surface area contributed by atoms with Crippen LogP contribution in [0.5, 0.6) is 0 Å². The fourth-order valence-corrected chi connectivity index (χ4v) is 3.53. The van der Waals surface area contributed by atoms with Crippen molar-refractivity contribution < 1.29 is 18.3 Å². The van der Waals surface area contributed by atoms with E-state index in [9.17, 15) is 18.3 Å². The Morgan fingerprint density at radius 2 is 2.10 bits per heavy atom. The Hall–Kier alpha value is -1.54. The number of sulfonamides is 1. The zero-order valence-corrected chi connectivity index (χ0v) is 12.9. The van der Waals surface area contributed by atoms with Gasteiger partial charge in [-0.15, -0.1) is 11.3 Å². The fourth-order valence-electron chi connectivity index (χ4n) is 1.74. The monoisotopic (exact) mass is 325 g/mol. The van der Waals surface area contributed by atoms with Crippen LogP contribution in [0, 0.1) is 0 Å². The van der Waals surface area contributed by atoms with E-state index < -0.39 is 16.1 Å². The maximum absolute atomic E-state index is 12.2. The summed E-state index contributed by atoms with van der Waals surface area (Å²) in [6.07, 6.45) is -0.893. The Morgan fingerprint density at radius 1 is 1.33 bits per heavy atom. The third kappa shape index (κ3) is 3.98. The molecule has 2 aromatic rings. The van der Waals surface area contributed by atoms with E-state index >= 15 is 0 Å². The molecule has 1 aromatic heterocycles. The lowest BCUT2D eigenvalue weighted by atomic mass is 10.2. The predicted octanol–water partition coefficient (Wildman–Crippen LogP) is 1.96. The first kappa shape index (κ1) is 15.8. The van der Waals surface area contributed by atoms with Gasteiger partial charge >= 0.3 is 0 Å². The Labute approximate surface area is 127 Å². The van der Waals surface area contributed by atoms with Crippen LogP contribution < -0.4 is 4.72 Å². The van der Waals surface area contributed by atoms with Crippen molar-refractivity contribution in [1.29, 1.82) is 0 Å². The molecular formula is C14H15NO4S2. The Morgan fingerprint density at radius 3 is 2.71 bits per heavy atom. The second-order valence-corrected chi connectivity index (χ2v) is 7.21. The van der Waals surface area contributed by atoms with Crippen LogP contribution in [0.3, 0.4) is 0 Å². The molecule has 1 heterocycles. The van der Waals surface area contributed by atoms with Crippen LogP contribution in [0.1, 0.15) is 28.3 Å². The third-order valence-electron chi connectivity index (χ3n) is 2.89. The molecule has 2 rings (SSSR count). The van der Waals surface area contributed by atoms with Crippen molar-refractivity contribution in [1.82, 2.24) is 4.72 Å². The summed E-state index contributed by atoms with van der Waals surface area (Å²) in [5.74, 6) is -0.203. The highest BCUT2D eigenvalue weighted by Gasteiger charge is 2.18. The number of carbonyl (C=O) groups is 1. The zero-order valence-electron chi connectivity index (χ0n) is 11.3. The van der Waals surface area contributed by atoms with E-state index in [1.807, 2.05) is 5.38 Å². The summed E-state index contributed by atoms with van der Waals surface area (Å²) in [7, 11) is -3.76. The molecule has 1 aromatic carbocycles. The van der Waals surface area contributed by atoms with Crippen molar-refractivity contribution in [3.05, 3.63) is 52.2 Å². The van der Waals surface area contributed by atoms with Crippen molar-refractivity contribution in [3.63, 3.8) is 0 Å². The van der Waals surface area contributed by atoms with Gasteiger partial charge in [0.15, 0.2) is 5.78 Å². The number of carbonyl (C=O) groups excluding carboxylic acids is 1. The second-order valence-electron chi connectivity index (χ2n) is 4.47. The van der Waals surface area contributed by atoms with E-state index in [-0.39, 0.29) is 17.2 Å². The Bertz CT molecular complexity index is 723. The molecule has 1 atom stereocenters. The highest BCUT2D eigenvalue weighted by molar-refractivity contribution is 7.89. The topological polar surface area (TPSA) is 83.5 Å². The van der Waals surface area contributed by atoms with Gasteiger partial charge in [0.2, 0.25) is 10.0 Å². The summed E-state index contributed by atoms with van der Waals surface area (Å²) in [6.45, 7) is 1.26. The number of thiophene rings is 1. The maximum Gasteiger partial charge on any atom is 0.240 e. The number of Topliss-reactive ketones (excluding diaryl/α,β-unsaturated/α-hetero) is 1. The van der Waals surface area contributed by atoms with Crippen molar-refractivity contribution in [2.24, 2.45) is 0 Å². The molecule has 5 nitrogen and oxygen atoms in total. The lowest BCUT2D eigenvalue weighted by molar-refractivity contribution is 0.101. The SMILES string of the molecule is CC(=O)c1cccc(S(=O)(=O)NCC(O)c2cccs2)c1. The van der Waals surface area contributed by atoms with Crippen molar-refractivity contribution >= 4 is 27.1 Å². The smallest absolute Gasteiger partial charge is 0.240 e. The highest BCUT2D eigenvalue weighted by atomic mass is 32.2. The van der Waals surface area contributed by atoms with Crippen LogP contribution in [0.15, 0.2) is 46.7 Å². The molecule has 0 saturated heterocycles. The molecule has 0 aliphatic rings. The molecule has 0 amide bonds. The van der Waals surface area contributed by atoms with Gasteiger partial charge in [0.25, 0.3) is 0 Å². The summed E-state index contributed by atoms with van der Waals surface area (Å²) in [5, 5.41) is 11.7. The molecule has 0 radical (unpaired) electrons. The molecular weight excluding hydrogens is 310 g/mol. The molecule has 1 unspecified atom stereocenters. The highest BCUT2D eigenvalue weighted by Crippen LogP contribution is 2.19. The van der Waals surface area contributed by atoms with E-state index in [1.54, 1.807) is 18.2 Å². The summed E-state index contributed by atoms with van der Waals surface area (Å²) in [5.41, 5.74) is 0.330. The van der Waals surface area contributed by atoms with Crippen molar-refractivity contribution in [2.45, 2.75) is 17.9 Å². The minimum atomic E-state index is -3.76. The largest absolute Gasteiger partial charge is 0.386 e. The molecule has 21 heavy (non-hydrogen) atoms. The molecule has 0 saturated carbocycles. The first-order valence-electron chi connectivity index (χ1n) is 6.22. The molecule has 2 N–H and O–H groups in total. The average molecular weight is 325 g/mol. The number of nitrogens with one attached hydrogen (secondary N) is 1. The number of aliphatic hydroxyl groups is 1. The van der Waals surface area contributed by atoms with Gasteiger partial charge in [0, 0.05) is 17.0 Å². The summed E-state index contributed by atoms with van der Waals surface area (Å²) < 4.78 is 26.6. The molecule has 112 valence electrons. The van der Waals surface area contributed by atoms with Gasteiger partial charge in [-0.3, -0.25) is 4.79 Å². The lowest BCUT2D eigenvalue weighted by Crippen LogP contribution is -2.28. The molecule has 0 fully saturated rings. The number of benzene rings is 1. The van der Waals surface area contributed by atoms with E-state index in [4.69, 9.17) is 0 Å². The molecule has 7 heteroatoms. The van der Waals surface area contributed by atoms with Gasteiger partial charge < -0.3 is 5.11 Å². The number of aliphatic hydroxyl groups excluding tert-OH is 1. The second kappa shape index (κ2) is 6.48. The van der Waals surface area contributed by atoms with Crippen molar-refractivity contribution in [3.8, 4) is 0 Å². The number of rotatable bonds is 6. The summed E-state index contributed by atoms with van der Waals surface area (Å²) in [6, 6.07) is 9.32. The van der Waals surface area contributed by atoms with E-state index in [2.05, 4.69) is 4.72 Å². The quantitative estimate of drug-likeness (QED) is 0.795. The number of ketones is 1.